The van der Waals surface area contributed by atoms with Crippen molar-refractivity contribution in [2.24, 2.45) is 11.8 Å². The number of carbonyl (C=O) groups is 2. The van der Waals surface area contributed by atoms with Gasteiger partial charge in [0.25, 0.3) is 0 Å². The highest BCUT2D eigenvalue weighted by Gasteiger charge is 2.36. The molecule has 0 aromatic heterocycles. The van der Waals surface area contributed by atoms with E-state index < -0.39 is 10.0 Å². The third-order valence-corrected chi connectivity index (χ3v) is 8.52. The molecule has 1 N–H and O–H groups in total. The van der Waals surface area contributed by atoms with Crippen molar-refractivity contribution in [3.8, 4) is 0 Å². The van der Waals surface area contributed by atoms with E-state index in [1.165, 1.54) is 16.4 Å². The van der Waals surface area contributed by atoms with Gasteiger partial charge in [-0.25, -0.2) is 8.42 Å². The van der Waals surface area contributed by atoms with Crippen molar-refractivity contribution in [1.82, 2.24) is 14.5 Å². The van der Waals surface area contributed by atoms with Crippen molar-refractivity contribution in [1.29, 1.82) is 0 Å². The number of benzene rings is 1. The van der Waals surface area contributed by atoms with E-state index in [0.717, 1.165) is 25.7 Å². The second-order valence-corrected chi connectivity index (χ2v) is 10.9. The molecule has 7 nitrogen and oxygen atoms in total. The molecule has 2 heterocycles. The minimum atomic E-state index is -3.56. The lowest BCUT2D eigenvalue weighted by atomic mass is 9.95. The van der Waals surface area contributed by atoms with Gasteiger partial charge in [-0.2, -0.15) is 4.31 Å². The summed E-state index contributed by atoms with van der Waals surface area (Å²) < 4.78 is 27.1. The van der Waals surface area contributed by atoms with Crippen molar-refractivity contribution in [2.45, 2.75) is 49.5 Å². The molecular formula is C21H28ClN3O4S. The number of piperidine rings is 2. The quantitative estimate of drug-likeness (QED) is 0.740. The van der Waals surface area contributed by atoms with Crippen LogP contribution in [-0.2, 0) is 19.6 Å². The molecule has 0 bridgehead atoms. The van der Waals surface area contributed by atoms with Crippen LogP contribution in [0.1, 0.15) is 38.5 Å². The predicted octanol–water partition coefficient (Wildman–Crippen LogP) is 2.26. The van der Waals surface area contributed by atoms with Crippen LogP contribution in [0.3, 0.4) is 0 Å². The monoisotopic (exact) mass is 453 g/mol. The Morgan fingerprint density at radius 3 is 2.03 bits per heavy atom. The van der Waals surface area contributed by atoms with Gasteiger partial charge in [-0.3, -0.25) is 9.59 Å². The normalized spacial score (nSPS) is 22.1. The fourth-order valence-corrected chi connectivity index (χ4v) is 5.86. The lowest BCUT2D eigenvalue weighted by Gasteiger charge is -2.37. The SMILES string of the molecule is O=C(NC1CCN(C(=O)C2CCN(S(=O)(=O)c3ccc(Cl)cc3)CC2)CC1)C1CC1. The van der Waals surface area contributed by atoms with E-state index in [0.29, 0.717) is 44.0 Å². The molecular weight excluding hydrogens is 426 g/mol. The summed E-state index contributed by atoms with van der Waals surface area (Å²) in [5.41, 5.74) is 0. The molecule has 3 fully saturated rings. The van der Waals surface area contributed by atoms with Gasteiger partial charge >= 0.3 is 0 Å². The molecule has 3 aliphatic rings. The number of carbonyl (C=O) groups excluding carboxylic acids is 2. The summed E-state index contributed by atoms with van der Waals surface area (Å²) in [6.45, 7) is 1.99. The molecule has 4 rings (SSSR count). The Bertz CT molecular complexity index is 885. The molecule has 1 aromatic rings. The summed E-state index contributed by atoms with van der Waals surface area (Å²) in [6.07, 6.45) is 4.63. The summed E-state index contributed by atoms with van der Waals surface area (Å²) in [4.78, 5) is 26.9. The first kappa shape index (κ1) is 21.6. The van der Waals surface area contributed by atoms with E-state index in [1.54, 1.807) is 12.1 Å². The van der Waals surface area contributed by atoms with Crippen molar-refractivity contribution >= 4 is 33.4 Å². The summed E-state index contributed by atoms with van der Waals surface area (Å²) in [5, 5.41) is 3.60. The van der Waals surface area contributed by atoms with Crippen LogP contribution in [0, 0.1) is 11.8 Å². The van der Waals surface area contributed by atoms with Gasteiger partial charge in [0.05, 0.1) is 4.90 Å². The maximum absolute atomic E-state index is 12.9. The zero-order valence-corrected chi connectivity index (χ0v) is 18.5. The summed E-state index contributed by atoms with van der Waals surface area (Å²) >= 11 is 5.85. The van der Waals surface area contributed by atoms with Gasteiger partial charge in [-0.15, -0.1) is 0 Å². The number of hydrogen-bond donors (Lipinski definition) is 1. The van der Waals surface area contributed by atoms with Gasteiger partial charge in [-0.1, -0.05) is 11.6 Å². The Hall–Kier alpha value is -1.64. The van der Waals surface area contributed by atoms with E-state index in [4.69, 9.17) is 11.6 Å². The fraction of sp³-hybridized carbons (Fsp3) is 0.619. The Kier molecular flexibility index (Phi) is 6.36. The minimum Gasteiger partial charge on any atom is -0.353 e. The van der Waals surface area contributed by atoms with E-state index in [-0.39, 0.29) is 34.6 Å². The van der Waals surface area contributed by atoms with E-state index >= 15 is 0 Å². The number of hydrogen-bond acceptors (Lipinski definition) is 4. The Labute approximate surface area is 182 Å². The molecule has 0 radical (unpaired) electrons. The number of rotatable bonds is 5. The molecule has 0 spiro atoms. The third kappa shape index (κ3) is 4.81. The van der Waals surface area contributed by atoms with Crippen LogP contribution in [0.25, 0.3) is 0 Å². The number of sulfonamides is 1. The zero-order valence-electron chi connectivity index (χ0n) is 16.9. The third-order valence-electron chi connectivity index (χ3n) is 6.36. The number of nitrogens with zero attached hydrogens (tertiary/aromatic N) is 2. The molecule has 0 unspecified atom stereocenters. The average Bonchev–Trinajstić information content (AvgIpc) is 3.60. The highest BCUT2D eigenvalue weighted by Crippen LogP contribution is 2.30. The summed E-state index contributed by atoms with van der Waals surface area (Å²) in [6, 6.07) is 6.33. The van der Waals surface area contributed by atoms with Crippen LogP contribution in [0.2, 0.25) is 5.02 Å². The average molecular weight is 454 g/mol. The van der Waals surface area contributed by atoms with E-state index in [2.05, 4.69) is 5.32 Å². The summed E-state index contributed by atoms with van der Waals surface area (Å²) in [7, 11) is -3.56. The fourth-order valence-electron chi connectivity index (χ4n) is 4.27. The first-order valence-electron chi connectivity index (χ1n) is 10.7. The summed E-state index contributed by atoms with van der Waals surface area (Å²) in [5.74, 6) is 0.345. The van der Waals surface area contributed by atoms with Crippen LogP contribution in [-0.4, -0.2) is 61.7 Å². The lowest BCUT2D eigenvalue weighted by molar-refractivity contribution is -0.138. The molecule has 9 heteroatoms. The molecule has 30 heavy (non-hydrogen) atoms. The first-order chi connectivity index (χ1) is 14.3. The first-order valence-corrected chi connectivity index (χ1v) is 12.5. The van der Waals surface area contributed by atoms with Crippen LogP contribution in [0.5, 0.6) is 0 Å². The predicted molar refractivity (Wildman–Crippen MR) is 113 cm³/mol. The van der Waals surface area contributed by atoms with Gasteiger partial charge in [0.2, 0.25) is 21.8 Å². The van der Waals surface area contributed by atoms with Gasteiger partial charge in [0.1, 0.15) is 0 Å². The van der Waals surface area contributed by atoms with Crippen molar-refractivity contribution in [3.63, 3.8) is 0 Å². The smallest absolute Gasteiger partial charge is 0.243 e. The zero-order chi connectivity index (χ0) is 21.3. The van der Waals surface area contributed by atoms with Crippen molar-refractivity contribution in [3.05, 3.63) is 29.3 Å². The van der Waals surface area contributed by atoms with E-state index in [9.17, 15) is 18.0 Å². The van der Waals surface area contributed by atoms with Gasteiger partial charge in [0, 0.05) is 49.1 Å². The molecule has 1 saturated carbocycles. The lowest BCUT2D eigenvalue weighted by Crippen LogP contribution is -2.50. The maximum atomic E-state index is 12.9. The van der Waals surface area contributed by atoms with Crippen molar-refractivity contribution < 1.29 is 18.0 Å². The van der Waals surface area contributed by atoms with Crippen LogP contribution < -0.4 is 5.32 Å². The van der Waals surface area contributed by atoms with Crippen molar-refractivity contribution in [2.75, 3.05) is 26.2 Å². The number of likely N-dealkylation sites (tertiary alicyclic amines) is 1. The molecule has 1 aliphatic carbocycles. The van der Waals surface area contributed by atoms with Crippen LogP contribution >= 0.6 is 11.6 Å². The highest BCUT2D eigenvalue weighted by molar-refractivity contribution is 7.89. The van der Waals surface area contributed by atoms with E-state index in [1.807, 2.05) is 4.90 Å². The largest absolute Gasteiger partial charge is 0.353 e. The Morgan fingerprint density at radius 2 is 1.47 bits per heavy atom. The minimum absolute atomic E-state index is 0.116. The van der Waals surface area contributed by atoms with Gasteiger partial charge in [0.15, 0.2) is 0 Å². The highest BCUT2D eigenvalue weighted by atomic mass is 35.5. The molecule has 1 aromatic carbocycles. The van der Waals surface area contributed by atoms with Gasteiger partial charge in [-0.05, 0) is 62.8 Å². The van der Waals surface area contributed by atoms with Crippen LogP contribution in [0.4, 0.5) is 0 Å². The van der Waals surface area contributed by atoms with Gasteiger partial charge < -0.3 is 10.2 Å². The molecule has 2 amide bonds. The number of amides is 2. The van der Waals surface area contributed by atoms with Crippen LogP contribution in [0.15, 0.2) is 29.2 Å². The molecule has 2 saturated heterocycles. The standard InChI is InChI=1S/C21H28ClN3O4S/c22-17-3-5-19(6-4-17)30(28,29)25-13-7-16(8-14-25)21(27)24-11-9-18(10-12-24)23-20(26)15-1-2-15/h3-6,15-16,18H,1-2,7-14H2,(H,23,26). The number of nitrogens with one attached hydrogen (secondary N) is 1. The molecule has 2 aliphatic heterocycles. The topological polar surface area (TPSA) is 86.8 Å². The molecule has 164 valence electrons. The Balaban J connectivity index is 1.26. The second kappa shape index (κ2) is 8.85. The second-order valence-electron chi connectivity index (χ2n) is 8.51. The maximum Gasteiger partial charge on any atom is 0.243 e. The molecule has 0 atom stereocenters. The number of halogens is 1. The Morgan fingerprint density at radius 1 is 0.867 bits per heavy atom.